The molecule has 7 heteroatoms. The third-order valence-corrected chi connectivity index (χ3v) is 6.98. The SMILES string of the molecule is O=C1CCSc2ccc(S(=O)(=O)N3CCCCCC3)cc2N1. The van der Waals surface area contributed by atoms with Crippen LogP contribution in [0, 0.1) is 0 Å². The first-order valence-corrected chi connectivity index (χ1v) is 10.1. The van der Waals surface area contributed by atoms with Crippen LogP contribution >= 0.6 is 11.8 Å². The van der Waals surface area contributed by atoms with E-state index in [1.165, 1.54) is 0 Å². The molecule has 1 fully saturated rings. The van der Waals surface area contributed by atoms with Gasteiger partial charge < -0.3 is 5.32 Å². The largest absolute Gasteiger partial charge is 0.325 e. The van der Waals surface area contributed by atoms with Crippen molar-refractivity contribution in [2.24, 2.45) is 0 Å². The van der Waals surface area contributed by atoms with E-state index in [0.717, 1.165) is 36.3 Å². The highest BCUT2D eigenvalue weighted by molar-refractivity contribution is 7.99. The number of thioether (sulfide) groups is 1. The molecule has 0 aliphatic carbocycles. The van der Waals surface area contributed by atoms with Gasteiger partial charge in [-0.3, -0.25) is 4.79 Å². The molecule has 1 N–H and O–H groups in total. The van der Waals surface area contributed by atoms with Crippen LogP contribution in [-0.2, 0) is 14.8 Å². The van der Waals surface area contributed by atoms with Gasteiger partial charge >= 0.3 is 0 Å². The number of carbonyl (C=O) groups excluding carboxylic acids is 1. The lowest BCUT2D eigenvalue weighted by Gasteiger charge is -2.20. The zero-order valence-electron chi connectivity index (χ0n) is 12.4. The van der Waals surface area contributed by atoms with E-state index in [4.69, 9.17) is 0 Å². The molecule has 1 amide bonds. The number of rotatable bonds is 2. The van der Waals surface area contributed by atoms with E-state index < -0.39 is 10.0 Å². The van der Waals surface area contributed by atoms with Gasteiger partial charge in [-0.2, -0.15) is 4.31 Å². The van der Waals surface area contributed by atoms with Crippen LogP contribution in [0.15, 0.2) is 28.0 Å². The molecule has 0 spiro atoms. The molecule has 3 rings (SSSR count). The Labute approximate surface area is 135 Å². The summed E-state index contributed by atoms with van der Waals surface area (Å²) in [7, 11) is -3.48. The van der Waals surface area contributed by atoms with Gasteiger partial charge in [0.2, 0.25) is 15.9 Å². The van der Waals surface area contributed by atoms with Crippen molar-refractivity contribution >= 4 is 33.4 Å². The van der Waals surface area contributed by atoms with Gasteiger partial charge in [-0.1, -0.05) is 12.8 Å². The molecule has 1 saturated heterocycles. The fourth-order valence-electron chi connectivity index (χ4n) is 2.79. The molecule has 0 unspecified atom stereocenters. The average Bonchev–Trinajstić information content (AvgIpc) is 2.86. The molecule has 0 aromatic heterocycles. The molecule has 5 nitrogen and oxygen atoms in total. The van der Waals surface area contributed by atoms with Crippen LogP contribution in [0.5, 0.6) is 0 Å². The summed E-state index contributed by atoms with van der Waals surface area (Å²) in [6, 6.07) is 5.06. The van der Waals surface area contributed by atoms with Crippen LogP contribution in [0.25, 0.3) is 0 Å². The van der Waals surface area contributed by atoms with Crippen molar-refractivity contribution in [3.63, 3.8) is 0 Å². The van der Waals surface area contributed by atoms with Gasteiger partial charge in [0.25, 0.3) is 0 Å². The van der Waals surface area contributed by atoms with Crippen LogP contribution in [0.4, 0.5) is 5.69 Å². The molecule has 22 heavy (non-hydrogen) atoms. The molecule has 0 bridgehead atoms. The van der Waals surface area contributed by atoms with Crippen molar-refractivity contribution in [1.29, 1.82) is 0 Å². The van der Waals surface area contributed by atoms with E-state index in [1.807, 2.05) is 0 Å². The summed E-state index contributed by atoms with van der Waals surface area (Å²) >= 11 is 1.58. The number of sulfonamides is 1. The van der Waals surface area contributed by atoms with E-state index in [2.05, 4.69) is 5.32 Å². The van der Waals surface area contributed by atoms with Crippen molar-refractivity contribution < 1.29 is 13.2 Å². The molecule has 120 valence electrons. The fraction of sp³-hybridized carbons (Fsp3) is 0.533. The van der Waals surface area contributed by atoms with E-state index in [-0.39, 0.29) is 10.8 Å². The Morgan fingerprint density at radius 1 is 1.09 bits per heavy atom. The lowest BCUT2D eigenvalue weighted by molar-refractivity contribution is -0.115. The lowest BCUT2D eigenvalue weighted by Crippen LogP contribution is -2.32. The van der Waals surface area contributed by atoms with Gasteiger partial charge in [0.1, 0.15) is 0 Å². The third kappa shape index (κ3) is 3.31. The number of fused-ring (bicyclic) bond motifs is 1. The van der Waals surface area contributed by atoms with Gasteiger partial charge in [-0.15, -0.1) is 11.8 Å². The van der Waals surface area contributed by atoms with Crippen molar-refractivity contribution in [3.05, 3.63) is 18.2 Å². The van der Waals surface area contributed by atoms with Gasteiger partial charge in [-0.25, -0.2) is 8.42 Å². The molecule has 0 radical (unpaired) electrons. The first-order chi connectivity index (χ1) is 10.6. The number of anilines is 1. The summed E-state index contributed by atoms with van der Waals surface area (Å²) in [5.41, 5.74) is 0.614. The summed E-state index contributed by atoms with van der Waals surface area (Å²) in [6.07, 6.45) is 4.45. The molecule has 1 aromatic carbocycles. The Morgan fingerprint density at radius 2 is 1.82 bits per heavy atom. The van der Waals surface area contributed by atoms with Gasteiger partial charge in [-0.05, 0) is 31.0 Å². The summed E-state index contributed by atoms with van der Waals surface area (Å²) in [6.45, 7) is 1.17. The van der Waals surface area contributed by atoms with Gasteiger partial charge in [0.05, 0.1) is 10.6 Å². The zero-order chi connectivity index (χ0) is 15.6. The Morgan fingerprint density at radius 3 is 2.55 bits per heavy atom. The number of carbonyl (C=O) groups is 1. The van der Waals surface area contributed by atoms with Crippen molar-refractivity contribution in [2.75, 3.05) is 24.2 Å². The van der Waals surface area contributed by atoms with Crippen LogP contribution in [0.2, 0.25) is 0 Å². The second kappa shape index (κ2) is 6.60. The lowest BCUT2D eigenvalue weighted by atomic mass is 10.2. The predicted molar refractivity (Wildman–Crippen MR) is 87.6 cm³/mol. The maximum atomic E-state index is 12.8. The number of hydrogen-bond donors (Lipinski definition) is 1. The Kier molecular flexibility index (Phi) is 4.75. The number of nitrogens with zero attached hydrogens (tertiary/aromatic N) is 1. The summed E-state index contributed by atoms with van der Waals surface area (Å²) in [4.78, 5) is 12.9. The van der Waals surface area contributed by atoms with Crippen LogP contribution in [0.1, 0.15) is 32.1 Å². The minimum absolute atomic E-state index is 0.0597. The van der Waals surface area contributed by atoms with Gasteiger partial charge in [0, 0.05) is 30.2 Å². The summed E-state index contributed by atoms with van der Waals surface area (Å²) < 4.78 is 27.2. The van der Waals surface area contributed by atoms with E-state index in [0.29, 0.717) is 25.2 Å². The van der Waals surface area contributed by atoms with E-state index in [1.54, 1.807) is 34.3 Å². The minimum atomic E-state index is -3.48. The quantitative estimate of drug-likeness (QED) is 0.899. The normalized spacial score (nSPS) is 20.6. The van der Waals surface area contributed by atoms with Crippen LogP contribution in [-0.4, -0.2) is 37.5 Å². The average molecular weight is 340 g/mol. The highest BCUT2D eigenvalue weighted by Crippen LogP contribution is 2.33. The van der Waals surface area contributed by atoms with Crippen LogP contribution < -0.4 is 5.32 Å². The molecule has 1 aromatic rings. The summed E-state index contributed by atoms with van der Waals surface area (Å²) in [5, 5.41) is 2.81. The minimum Gasteiger partial charge on any atom is -0.325 e. The number of benzene rings is 1. The molecule has 2 aliphatic heterocycles. The molecule has 0 saturated carbocycles. The highest BCUT2D eigenvalue weighted by atomic mass is 32.2. The molecular weight excluding hydrogens is 320 g/mol. The third-order valence-electron chi connectivity index (χ3n) is 4.01. The standard InChI is InChI=1S/C15H20N2O3S2/c18-15-7-10-21-14-6-5-12(11-13(14)16-15)22(19,20)17-8-3-1-2-4-9-17/h5-6,11H,1-4,7-10H2,(H,16,18). The maximum absolute atomic E-state index is 12.8. The first kappa shape index (κ1) is 15.8. The van der Waals surface area contributed by atoms with Crippen molar-refractivity contribution in [3.8, 4) is 0 Å². The molecular formula is C15H20N2O3S2. The van der Waals surface area contributed by atoms with Crippen molar-refractivity contribution in [1.82, 2.24) is 4.31 Å². The Hall–Kier alpha value is -1.05. The van der Waals surface area contributed by atoms with Gasteiger partial charge in [0.15, 0.2) is 0 Å². The van der Waals surface area contributed by atoms with Crippen LogP contribution in [0.3, 0.4) is 0 Å². The number of nitrogens with one attached hydrogen (secondary N) is 1. The van der Waals surface area contributed by atoms with E-state index >= 15 is 0 Å². The maximum Gasteiger partial charge on any atom is 0.243 e. The monoisotopic (exact) mass is 340 g/mol. The fourth-order valence-corrected chi connectivity index (χ4v) is 5.27. The predicted octanol–water partition coefficient (Wildman–Crippen LogP) is 2.69. The van der Waals surface area contributed by atoms with E-state index in [9.17, 15) is 13.2 Å². The molecule has 0 atom stereocenters. The summed E-state index contributed by atoms with van der Waals surface area (Å²) in [5.74, 6) is 0.660. The number of hydrogen-bond acceptors (Lipinski definition) is 4. The first-order valence-electron chi connectivity index (χ1n) is 7.64. The Bertz CT molecular complexity index is 665. The highest BCUT2D eigenvalue weighted by Gasteiger charge is 2.26. The second-order valence-corrected chi connectivity index (χ2v) is 8.70. The Balaban J connectivity index is 1.92. The molecule has 2 aliphatic rings. The molecule has 2 heterocycles. The zero-order valence-corrected chi connectivity index (χ0v) is 14.0. The van der Waals surface area contributed by atoms with Crippen molar-refractivity contribution in [2.45, 2.75) is 41.9 Å². The second-order valence-electron chi connectivity index (χ2n) is 5.62. The number of amides is 1. The topological polar surface area (TPSA) is 66.5 Å². The smallest absolute Gasteiger partial charge is 0.243 e.